The third-order valence-electron chi connectivity index (χ3n) is 9.26. The molecule has 0 bridgehead atoms. The van der Waals surface area contributed by atoms with Crippen LogP contribution in [0, 0.1) is 5.82 Å². The molecule has 0 spiro atoms. The summed E-state index contributed by atoms with van der Waals surface area (Å²) in [6.07, 6.45) is 6.08. The molecule has 1 unspecified atom stereocenters. The minimum absolute atomic E-state index is 0.0218. The normalized spacial score (nSPS) is 16.2. The maximum Gasteiger partial charge on any atom is 0.248 e. The van der Waals surface area contributed by atoms with Crippen LogP contribution in [0.2, 0.25) is 10.0 Å². The Morgan fingerprint density at radius 2 is 1.79 bits per heavy atom. The third kappa shape index (κ3) is 8.79. The molecule has 15 heteroatoms. The number of benzene rings is 1. The van der Waals surface area contributed by atoms with Crippen molar-refractivity contribution >= 4 is 46.5 Å². The maximum absolute atomic E-state index is 15.7. The summed E-state index contributed by atoms with van der Waals surface area (Å²) in [5, 5.41) is 13.4. The van der Waals surface area contributed by atoms with Crippen molar-refractivity contribution in [2.75, 3.05) is 45.8 Å². The van der Waals surface area contributed by atoms with E-state index in [0.717, 1.165) is 24.8 Å². The SMILES string of the molecule is COCC(=O)N1CCC(NCc2ccnc(Nc3cccc(-c4nccc(-c5ccc(CNCC6CCC(=O)N6)c(OC)n5)c4Cl)c3Cl)c2F)CC1. The van der Waals surface area contributed by atoms with Crippen molar-refractivity contribution in [1.82, 2.24) is 35.8 Å². The van der Waals surface area contributed by atoms with Gasteiger partial charge in [-0.15, -0.1) is 0 Å². The predicted octanol–water partition coefficient (Wildman–Crippen LogP) is 5.50. The van der Waals surface area contributed by atoms with Gasteiger partial charge in [-0.25, -0.2) is 14.4 Å². The van der Waals surface area contributed by atoms with E-state index in [1.54, 1.807) is 54.7 Å². The van der Waals surface area contributed by atoms with E-state index in [-0.39, 0.29) is 36.3 Å². The van der Waals surface area contributed by atoms with Crippen molar-refractivity contribution in [3.8, 4) is 28.4 Å². The number of hydrogen-bond acceptors (Lipinski definition) is 10. The second kappa shape index (κ2) is 17.4. The Morgan fingerprint density at radius 3 is 2.54 bits per heavy atom. The van der Waals surface area contributed by atoms with E-state index in [0.29, 0.717) is 88.8 Å². The second-order valence-corrected chi connectivity index (χ2v) is 13.5. The third-order valence-corrected chi connectivity index (χ3v) is 10.1. The number of hydrogen-bond donors (Lipinski definition) is 4. The van der Waals surface area contributed by atoms with Crippen LogP contribution in [0.3, 0.4) is 0 Å². The van der Waals surface area contributed by atoms with Gasteiger partial charge in [-0.2, -0.15) is 0 Å². The van der Waals surface area contributed by atoms with Crippen molar-refractivity contribution in [2.24, 2.45) is 0 Å². The molecule has 2 saturated heterocycles. The first-order chi connectivity index (χ1) is 25.2. The van der Waals surface area contributed by atoms with Crippen molar-refractivity contribution < 1.29 is 23.5 Å². The lowest BCUT2D eigenvalue weighted by Crippen LogP contribution is -2.45. The second-order valence-electron chi connectivity index (χ2n) is 12.7. The highest BCUT2D eigenvalue weighted by atomic mass is 35.5. The number of methoxy groups -OCH3 is 2. The lowest BCUT2D eigenvalue weighted by molar-refractivity contribution is -0.136. The topological polar surface area (TPSA) is 143 Å². The summed E-state index contributed by atoms with van der Waals surface area (Å²) >= 11 is 13.9. The quantitative estimate of drug-likeness (QED) is 0.131. The number of carbonyl (C=O) groups excluding carboxylic acids is 2. The van der Waals surface area contributed by atoms with Gasteiger partial charge < -0.3 is 35.6 Å². The Balaban J connectivity index is 1.14. The van der Waals surface area contributed by atoms with Crippen LogP contribution < -0.4 is 26.0 Å². The van der Waals surface area contributed by atoms with Gasteiger partial charge in [-0.3, -0.25) is 14.6 Å². The molecule has 2 amide bonds. The fourth-order valence-corrected chi connectivity index (χ4v) is 6.99. The molecule has 2 aliphatic heterocycles. The molecule has 5 heterocycles. The van der Waals surface area contributed by atoms with Crippen LogP contribution >= 0.6 is 23.2 Å². The van der Waals surface area contributed by atoms with Crippen LogP contribution in [0.15, 0.2) is 54.9 Å². The van der Waals surface area contributed by atoms with Gasteiger partial charge in [0, 0.05) is 93.0 Å². The van der Waals surface area contributed by atoms with Crippen molar-refractivity contribution in [3.63, 3.8) is 0 Å². The minimum atomic E-state index is -0.494. The standard InChI is InChI=1S/C37H41Cl2FN8O4/c1-51-21-31(50)48-16-12-24(13-17-48)44-19-22-10-14-43-36(34(22)40)46-29-5-3-4-27(32(29)38)35-33(39)26(11-15-42-35)28-8-6-23(37(47-28)52-2)18-41-20-25-7-9-30(49)45-25/h3-6,8,10-11,14-15,24-25,41,44H,7,9,12-13,16-21H2,1-2H3,(H,43,46)(H,45,49). The van der Waals surface area contributed by atoms with Crippen LogP contribution in [0.5, 0.6) is 5.88 Å². The Kier molecular flexibility index (Phi) is 12.5. The first-order valence-corrected chi connectivity index (χ1v) is 17.9. The summed E-state index contributed by atoms with van der Waals surface area (Å²) in [7, 11) is 3.07. The van der Waals surface area contributed by atoms with Crippen molar-refractivity contribution in [3.05, 3.63) is 81.8 Å². The number of ether oxygens (including phenoxy) is 2. The predicted molar refractivity (Wildman–Crippen MR) is 198 cm³/mol. The average molecular weight is 752 g/mol. The van der Waals surface area contributed by atoms with E-state index < -0.39 is 5.82 Å². The summed E-state index contributed by atoms with van der Waals surface area (Å²) in [6, 6.07) is 12.8. The van der Waals surface area contributed by atoms with Gasteiger partial charge in [0.1, 0.15) is 6.61 Å². The van der Waals surface area contributed by atoms with Crippen LogP contribution in [-0.2, 0) is 27.4 Å². The molecule has 3 aromatic heterocycles. The number of nitrogens with zero attached hydrogens (tertiary/aromatic N) is 4. The summed E-state index contributed by atoms with van der Waals surface area (Å²) in [5.41, 5.74) is 3.93. The molecule has 2 aliphatic rings. The van der Waals surface area contributed by atoms with Crippen molar-refractivity contribution in [1.29, 1.82) is 0 Å². The Hall–Kier alpha value is -4.40. The lowest BCUT2D eigenvalue weighted by atomic mass is 10.0. The monoisotopic (exact) mass is 750 g/mol. The van der Waals surface area contributed by atoms with E-state index in [9.17, 15) is 9.59 Å². The molecule has 0 saturated carbocycles. The Labute approximate surface area is 311 Å². The molecule has 4 N–H and O–H groups in total. The van der Waals surface area contributed by atoms with Gasteiger partial charge in [0.15, 0.2) is 11.6 Å². The Bertz CT molecular complexity index is 1910. The molecule has 2 fully saturated rings. The number of carbonyl (C=O) groups is 2. The first kappa shape index (κ1) is 37.4. The molecular weight excluding hydrogens is 710 g/mol. The van der Waals surface area contributed by atoms with E-state index in [1.807, 2.05) is 12.1 Å². The molecule has 4 aromatic rings. The lowest BCUT2D eigenvalue weighted by Gasteiger charge is -2.32. The van der Waals surface area contributed by atoms with Crippen LogP contribution in [-0.4, -0.2) is 84.2 Å². The maximum atomic E-state index is 15.7. The highest BCUT2D eigenvalue weighted by molar-refractivity contribution is 6.39. The smallest absolute Gasteiger partial charge is 0.248 e. The number of amides is 2. The highest BCUT2D eigenvalue weighted by Crippen LogP contribution is 2.41. The van der Waals surface area contributed by atoms with E-state index in [1.165, 1.54) is 7.11 Å². The first-order valence-electron chi connectivity index (χ1n) is 17.1. The average Bonchev–Trinajstić information content (AvgIpc) is 3.58. The zero-order chi connectivity index (χ0) is 36.6. The number of piperidine rings is 1. The number of likely N-dealkylation sites (tertiary alicyclic amines) is 1. The fraction of sp³-hybridized carbons (Fsp3) is 0.378. The number of rotatable bonds is 14. The van der Waals surface area contributed by atoms with Crippen LogP contribution in [0.4, 0.5) is 15.9 Å². The van der Waals surface area contributed by atoms with Gasteiger partial charge in [0.2, 0.25) is 17.7 Å². The molecule has 1 aromatic carbocycles. The van der Waals surface area contributed by atoms with Gasteiger partial charge in [-0.05, 0) is 43.5 Å². The van der Waals surface area contributed by atoms with Gasteiger partial charge in [0.25, 0.3) is 0 Å². The molecular formula is C37H41Cl2FN8O4. The summed E-state index contributed by atoms with van der Waals surface area (Å²) in [6.45, 7) is 2.79. The molecule has 274 valence electrons. The largest absolute Gasteiger partial charge is 0.481 e. The zero-order valence-corrected chi connectivity index (χ0v) is 30.5. The van der Waals surface area contributed by atoms with E-state index in [4.69, 9.17) is 37.7 Å². The summed E-state index contributed by atoms with van der Waals surface area (Å²) in [5.74, 6) is 0.0462. The molecule has 0 aliphatic carbocycles. The highest BCUT2D eigenvalue weighted by Gasteiger charge is 2.24. The molecule has 52 heavy (non-hydrogen) atoms. The summed E-state index contributed by atoms with van der Waals surface area (Å²) in [4.78, 5) is 38.9. The van der Waals surface area contributed by atoms with Gasteiger partial charge >= 0.3 is 0 Å². The minimum Gasteiger partial charge on any atom is -0.481 e. The summed E-state index contributed by atoms with van der Waals surface area (Å²) < 4.78 is 26.3. The number of nitrogens with one attached hydrogen (secondary N) is 4. The molecule has 0 radical (unpaired) electrons. The zero-order valence-electron chi connectivity index (χ0n) is 29.0. The van der Waals surface area contributed by atoms with Crippen LogP contribution in [0.1, 0.15) is 36.8 Å². The Morgan fingerprint density at radius 1 is 0.981 bits per heavy atom. The van der Waals surface area contributed by atoms with Crippen LogP contribution in [0.25, 0.3) is 22.5 Å². The molecule has 6 rings (SSSR count). The number of pyridine rings is 3. The molecule has 12 nitrogen and oxygen atoms in total. The number of aromatic nitrogens is 3. The van der Waals surface area contributed by atoms with E-state index in [2.05, 4.69) is 31.2 Å². The number of halogens is 3. The van der Waals surface area contributed by atoms with Gasteiger partial charge in [0.05, 0.1) is 34.2 Å². The molecule has 1 atom stereocenters. The fourth-order valence-electron chi connectivity index (χ4n) is 6.42. The van der Waals surface area contributed by atoms with Crippen molar-refractivity contribution in [2.45, 2.75) is 50.9 Å². The van der Waals surface area contributed by atoms with Gasteiger partial charge in [-0.1, -0.05) is 41.4 Å². The number of anilines is 2. The van der Waals surface area contributed by atoms with E-state index >= 15 is 4.39 Å².